The SMILES string of the molecule is O=C(NCC(F)(F)F)C1CCCN(C(=O)C(O)c2ccccc2)C1. The summed E-state index contributed by atoms with van der Waals surface area (Å²) >= 11 is 0. The molecular weight excluding hydrogens is 325 g/mol. The lowest BCUT2D eigenvalue weighted by Crippen LogP contribution is -2.48. The first kappa shape index (κ1) is 18.3. The molecule has 0 aromatic heterocycles. The smallest absolute Gasteiger partial charge is 0.378 e. The molecule has 1 aliphatic heterocycles. The summed E-state index contributed by atoms with van der Waals surface area (Å²) in [5, 5.41) is 12.0. The van der Waals surface area contributed by atoms with Gasteiger partial charge in [0.25, 0.3) is 5.91 Å². The fourth-order valence-electron chi connectivity index (χ4n) is 2.67. The Labute approximate surface area is 137 Å². The normalized spacial score (nSPS) is 19.7. The summed E-state index contributed by atoms with van der Waals surface area (Å²) in [4.78, 5) is 25.5. The summed E-state index contributed by atoms with van der Waals surface area (Å²) < 4.78 is 36.5. The van der Waals surface area contributed by atoms with Crippen LogP contribution >= 0.6 is 0 Å². The maximum atomic E-state index is 12.3. The number of benzene rings is 1. The number of nitrogens with one attached hydrogen (secondary N) is 1. The molecule has 2 unspecified atom stereocenters. The van der Waals surface area contributed by atoms with E-state index in [1.807, 2.05) is 5.32 Å². The first-order valence-electron chi connectivity index (χ1n) is 7.64. The van der Waals surface area contributed by atoms with Crippen LogP contribution in [-0.4, -0.2) is 47.6 Å². The van der Waals surface area contributed by atoms with E-state index < -0.39 is 36.6 Å². The van der Waals surface area contributed by atoms with Gasteiger partial charge in [-0.25, -0.2) is 0 Å². The standard InChI is InChI=1S/C16H19F3N2O3/c17-16(18,19)10-20-14(23)12-7-4-8-21(9-12)15(24)13(22)11-5-2-1-3-6-11/h1-3,5-6,12-13,22H,4,7-10H2,(H,20,23). The Balaban J connectivity index is 1.95. The molecule has 1 aliphatic rings. The second kappa shape index (κ2) is 7.65. The monoisotopic (exact) mass is 344 g/mol. The molecule has 0 aliphatic carbocycles. The van der Waals surface area contributed by atoms with Crippen molar-refractivity contribution >= 4 is 11.8 Å². The van der Waals surface area contributed by atoms with E-state index in [9.17, 15) is 27.9 Å². The third-order valence-corrected chi connectivity index (χ3v) is 3.92. The number of amides is 2. The van der Waals surface area contributed by atoms with Gasteiger partial charge in [0, 0.05) is 13.1 Å². The van der Waals surface area contributed by atoms with Gasteiger partial charge in [0.2, 0.25) is 5.91 Å². The fourth-order valence-corrected chi connectivity index (χ4v) is 2.67. The van der Waals surface area contributed by atoms with Gasteiger partial charge in [-0.15, -0.1) is 0 Å². The molecule has 1 aromatic carbocycles. The largest absolute Gasteiger partial charge is 0.405 e. The van der Waals surface area contributed by atoms with Crippen LogP contribution in [-0.2, 0) is 9.59 Å². The zero-order chi connectivity index (χ0) is 17.7. The molecule has 2 amide bonds. The zero-order valence-corrected chi connectivity index (χ0v) is 12.9. The molecule has 132 valence electrons. The number of halogens is 3. The minimum absolute atomic E-state index is 0.00637. The predicted octanol–water partition coefficient (Wildman–Crippen LogP) is 1.64. The van der Waals surface area contributed by atoms with Crippen molar-refractivity contribution in [2.45, 2.75) is 25.1 Å². The number of hydrogen-bond acceptors (Lipinski definition) is 3. The minimum atomic E-state index is -4.47. The molecule has 5 nitrogen and oxygen atoms in total. The van der Waals surface area contributed by atoms with Crippen molar-refractivity contribution in [3.63, 3.8) is 0 Å². The van der Waals surface area contributed by atoms with Gasteiger partial charge in [-0.3, -0.25) is 9.59 Å². The van der Waals surface area contributed by atoms with Crippen molar-refractivity contribution in [1.29, 1.82) is 0 Å². The maximum Gasteiger partial charge on any atom is 0.405 e. The van der Waals surface area contributed by atoms with E-state index in [2.05, 4.69) is 0 Å². The third kappa shape index (κ3) is 4.95. The molecule has 0 spiro atoms. The van der Waals surface area contributed by atoms with Crippen molar-refractivity contribution in [2.75, 3.05) is 19.6 Å². The van der Waals surface area contributed by atoms with Gasteiger partial charge < -0.3 is 15.3 Å². The Morgan fingerprint density at radius 2 is 1.96 bits per heavy atom. The molecule has 2 atom stereocenters. The molecule has 1 heterocycles. The van der Waals surface area contributed by atoms with Gasteiger partial charge in [-0.2, -0.15) is 13.2 Å². The highest BCUT2D eigenvalue weighted by atomic mass is 19.4. The molecule has 0 saturated carbocycles. The van der Waals surface area contributed by atoms with E-state index >= 15 is 0 Å². The Hall–Kier alpha value is -2.09. The number of rotatable bonds is 4. The van der Waals surface area contributed by atoms with E-state index in [0.717, 1.165) is 0 Å². The molecule has 24 heavy (non-hydrogen) atoms. The Bertz CT molecular complexity index is 578. The Morgan fingerprint density at radius 1 is 1.29 bits per heavy atom. The minimum Gasteiger partial charge on any atom is -0.378 e. The maximum absolute atomic E-state index is 12.3. The second-order valence-electron chi connectivity index (χ2n) is 5.77. The molecular formula is C16H19F3N2O3. The number of piperidine rings is 1. The van der Waals surface area contributed by atoms with Crippen LogP contribution in [0.1, 0.15) is 24.5 Å². The highest BCUT2D eigenvalue weighted by molar-refractivity contribution is 5.84. The molecule has 0 radical (unpaired) electrons. The summed E-state index contributed by atoms with van der Waals surface area (Å²) in [5.41, 5.74) is 0.436. The first-order chi connectivity index (χ1) is 11.3. The average Bonchev–Trinajstić information content (AvgIpc) is 2.58. The fraction of sp³-hybridized carbons (Fsp3) is 0.500. The molecule has 1 aromatic rings. The summed E-state index contributed by atoms with van der Waals surface area (Å²) in [6.45, 7) is -1.01. The number of hydrogen-bond donors (Lipinski definition) is 2. The summed E-state index contributed by atoms with van der Waals surface area (Å²) in [7, 11) is 0. The van der Waals surface area contributed by atoms with Gasteiger partial charge in [-0.05, 0) is 18.4 Å². The highest BCUT2D eigenvalue weighted by Crippen LogP contribution is 2.22. The lowest BCUT2D eigenvalue weighted by atomic mass is 9.96. The van der Waals surface area contributed by atoms with E-state index in [-0.39, 0.29) is 6.54 Å². The van der Waals surface area contributed by atoms with Crippen LogP contribution in [0, 0.1) is 5.92 Å². The van der Waals surface area contributed by atoms with Crippen molar-refractivity contribution in [1.82, 2.24) is 10.2 Å². The molecule has 1 fully saturated rings. The topological polar surface area (TPSA) is 69.6 Å². The van der Waals surface area contributed by atoms with Crippen molar-refractivity contribution in [3.8, 4) is 0 Å². The van der Waals surface area contributed by atoms with Crippen LogP contribution in [0.15, 0.2) is 30.3 Å². The Kier molecular flexibility index (Phi) is 5.82. The van der Waals surface area contributed by atoms with E-state index in [1.165, 1.54) is 4.90 Å². The van der Waals surface area contributed by atoms with Crippen LogP contribution in [0.3, 0.4) is 0 Å². The van der Waals surface area contributed by atoms with E-state index in [0.29, 0.717) is 24.9 Å². The molecule has 1 saturated heterocycles. The number of aliphatic hydroxyl groups is 1. The number of likely N-dealkylation sites (tertiary alicyclic amines) is 1. The van der Waals surface area contributed by atoms with E-state index in [1.54, 1.807) is 30.3 Å². The summed E-state index contributed by atoms with van der Waals surface area (Å²) in [6.07, 6.45) is -4.90. The van der Waals surface area contributed by atoms with E-state index in [4.69, 9.17) is 0 Å². The number of aliphatic hydroxyl groups excluding tert-OH is 1. The van der Waals surface area contributed by atoms with Crippen molar-refractivity contribution in [2.24, 2.45) is 5.92 Å². The lowest BCUT2D eigenvalue weighted by Gasteiger charge is -2.33. The van der Waals surface area contributed by atoms with Crippen LogP contribution in [0.2, 0.25) is 0 Å². The van der Waals surface area contributed by atoms with Crippen LogP contribution in [0.4, 0.5) is 13.2 Å². The van der Waals surface area contributed by atoms with Crippen molar-refractivity contribution < 1.29 is 27.9 Å². The predicted molar refractivity (Wildman–Crippen MR) is 79.8 cm³/mol. The third-order valence-electron chi connectivity index (χ3n) is 3.92. The highest BCUT2D eigenvalue weighted by Gasteiger charge is 2.34. The second-order valence-corrected chi connectivity index (χ2v) is 5.77. The molecule has 2 N–H and O–H groups in total. The number of carbonyl (C=O) groups is 2. The van der Waals surface area contributed by atoms with Gasteiger partial charge in [0.1, 0.15) is 6.54 Å². The van der Waals surface area contributed by atoms with Gasteiger partial charge in [-0.1, -0.05) is 30.3 Å². The van der Waals surface area contributed by atoms with Crippen LogP contribution in [0.25, 0.3) is 0 Å². The summed E-state index contributed by atoms with van der Waals surface area (Å²) in [6, 6.07) is 8.35. The Morgan fingerprint density at radius 3 is 2.58 bits per heavy atom. The average molecular weight is 344 g/mol. The lowest BCUT2D eigenvalue weighted by molar-refractivity contribution is -0.147. The molecule has 2 rings (SSSR count). The van der Waals surface area contributed by atoms with Gasteiger partial charge in [0.05, 0.1) is 5.92 Å². The van der Waals surface area contributed by atoms with Gasteiger partial charge >= 0.3 is 6.18 Å². The number of carbonyl (C=O) groups excluding carboxylic acids is 2. The number of alkyl halides is 3. The van der Waals surface area contributed by atoms with Crippen LogP contribution < -0.4 is 5.32 Å². The first-order valence-corrected chi connectivity index (χ1v) is 7.64. The van der Waals surface area contributed by atoms with Crippen LogP contribution in [0.5, 0.6) is 0 Å². The number of nitrogens with zero attached hydrogens (tertiary/aromatic N) is 1. The quantitative estimate of drug-likeness (QED) is 0.872. The zero-order valence-electron chi connectivity index (χ0n) is 12.9. The van der Waals surface area contributed by atoms with Crippen molar-refractivity contribution in [3.05, 3.63) is 35.9 Å². The molecule has 8 heteroatoms. The molecule has 0 bridgehead atoms. The van der Waals surface area contributed by atoms with Gasteiger partial charge in [0.15, 0.2) is 6.10 Å². The summed E-state index contributed by atoms with van der Waals surface area (Å²) in [5.74, 6) is -1.97.